The number of alkyl halides is 3. The van der Waals surface area contributed by atoms with Gasteiger partial charge < -0.3 is 19.2 Å². The molecule has 5 nitrogen and oxygen atoms in total. The number of carbonyl (C=O) groups excluding carboxylic acids is 1. The molecule has 0 spiro atoms. The summed E-state index contributed by atoms with van der Waals surface area (Å²) < 4.78 is 109. The van der Waals surface area contributed by atoms with Crippen molar-refractivity contribution in [1.82, 2.24) is 0 Å². The molecule has 0 aliphatic carbocycles. The van der Waals surface area contributed by atoms with E-state index in [1.165, 1.54) is 18.5 Å². The van der Waals surface area contributed by atoms with Gasteiger partial charge in [0.25, 0.3) is 5.91 Å². The van der Waals surface area contributed by atoms with Crippen molar-refractivity contribution < 1.29 is 49.4 Å². The molecule has 1 heterocycles. The molecule has 2 aromatic carbocycles. The van der Waals surface area contributed by atoms with Crippen LogP contribution in [0.15, 0.2) is 40.8 Å². The van der Waals surface area contributed by atoms with Crippen LogP contribution in [0.25, 0.3) is 0 Å². The number of benzene rings is 2. The molecule has 0 saturated carbocycles. The summed E-state index contributed by atoms with van der Waals surface area (Å²) in [5, 5.41) is 1.47. The van der Waals surface area contributed by atoms with Crippen molar-refractivity contribution in [2.75, 3.05) is 12.4 Å². The van der Waals surface area contributed by atoms with E-state index in [0.717, 1.165) is 6.07 Å². The third-order valence-corrected chi connectivity index (χ3v) is 4.11. The molecule has 0 saturated heterocycles. The first-order valence-electron chi connectivity index (χ1n) is 8.63. The van der Waals surface area contributed by atoms with E-state index in [1.807, 2.05) is 0 Å². The fourth-order valence-electron chi connectivity index (χ4n) is 2.63. The molecule has 1 amide bonds. The zero-order chi connectivity index (χ0) is 23.6. The van der Waals surface area contributed by atoms with Crippen LogP contribution in [0.5, 0.6) is 11.5 Å². The third kappa shape index (κ3) is 4.48. The highest BCUT2D eigenvalue weighted by atomic mass is 19.4. The molecule has 0 bridgehead atoms. The van der Waals surface area contributed by atoms with Crippen LogP contribution in [0.3, 0.4) is 0 Å². The Morgan fingerprint density at radius 2 is 1.53 bits per heavy atom. The minimum absolute atomic E-state index is 0.0757. The van der Waals surface area contributed by atoms with Gasteiger partial charge in [-0.05, 0) is 24.3 Å². The second-order valence-corrected chi connectivity index (χ2v) is 6.16. The lowest BCUT2D eigenvalue weighted by Crippen LogP contribution is -2.20. The van der Waals surface area contributed by atoms with Gasteiger partial charge >= 0.3 is 6.18 Å². The molecule has 12 heteroatoms. The van der Waals surface area contributed by atoms with Crippen molar-refractivity contribution in [3.05, 3.63) is 76.8 Å². The lowest BCUT2D eigenvalue weighted by atomic mass is 10.1. The maximum Gasteiger partial charge on any atom is 0.422 e. The lowest BCUT2D eigenvalue weighted by molar-refractivity contribution is -0.143. The van der Waals surface area contributed by atoms with Crippen molar-refractivity contribution in [3.63, 3.8) is 0 Å². The second-order valence-electron chi connectivity index (χ2n) is 6.16. The number of amides is 1. The number of halogens is 7. The van der Waals surface area contributed by atoms with Gasteiger partial charge in [0.2, 0.25) is 0 Å². The lowest BCUT2D eigenvalue weighted by Gasteiger charge is -2.14. The summed E-state index contributed by atoms with van der Waals surface area (Å²) in [5.41, 5.74) is -4.49. The number of carbonyl (C=O) groups is 1. The highest BCUT2D eigenvalue weighted by molar-refractivity contribution is 6.02. The molecule has 0 unspecified atom stereocenters. The Balaban J connectivity index is 1.78. The van der Waals surface area contributed by atoms with E-state index in [9.17, 15) is 35.5 Å². The number of furan rings is 1. The summed E-state index contributed by atoms with van der Waals surface area (Å²) in [6.07, 6.45) is -5.70. The van der Waals surface area contributed by atoms with Crippen molar-refractivity contribution in [2.24, 2.45) is 0 Å². The topological polar surface area (TPSA) is 60.7 Å². The fraction of sp³-hybridized carbons (Fsp3) is 0.150. The van der Waals surface area contributed by atoms with E-state index in [-0.39, 0.29) is 12.4 Å². The summed E-state index contributed by atoms with van der Waals surface area (Å²) >= 11 is 0. The van der Waals surface area contributed by atoms with Gasteiger partial charge in [-0.3, -0.25) is 4.79 Å². The van der Waals surface area contributed by atoms with Gasteiger partial charge in [-0.25, -0.2) is 17.6 Å². The fourth-order valence-corrected chi connectivity index (χ4v) is 2.63. The van der Waals surface area contributed by atoms with Crippen LogP contribution in [0, 0.1) is 23.3 Å². The Hall–Kier alpha value is -3.70. The maximum absolute atomic E-state index is 13.9. The first-order chi connectivity index (χ1) is 15.0. The smallest absolute Gasteiger partial charge is 0.422 e. The Morgan fingerprint density at radius 3 is 2.09 bits per heavy atom. The maximum atomic E-state index is 13.9. The molecule has 1 N–H and O–H groups in total. The number of methoxy groups -OCH3 is 1. The van der Waals surface area contributed by atoms with Crippen LogP contribution in [-0.2, 0) is 12.8 Å². The number of hydrogen-bond donors (Lipinski definition) is 1. The molecular weight excluding hydrogens is 451 g/mol. The van der Waals surface area contributed by atoms with E-state index >= 15 is 0 Å². The van der Waals surface area contributed by atoms with E-state index in [2.05, 4.69) is 0 Å². The number of ether oxygens (including phenoxy) is 2. The Kier molecular flexibility index (Phi) is 6.32. The minimum Gasteiger partial charge on any atom is -0.493 e. The first kappa shape index (κ1) is 23.0. The molecule has 32 heavy (non-hydrogen) atoms. The summed E-state index contributed by atoms with van der Waals surface area (Å²) in [5.74, 6) is -11.3. The molecule has 0 aliphatic rings. The first-order valence-corrected chi connectivity index (χ1v) is 8.63. The zero-order valence-corrected chi connectivity index (χ0v) is 15.9. The average molecular weight is 463 g/mol. The van der Waals surface area contributed by atoms with Crippen molar-refractivity contribution in [3.8, 4) is 11.5 Å². The van der Waals surface area contributed by atoms with Gasteiger partial charge in [0.05, 0.1) is 7.11 Å². The number of rotatable bonds is 6. The van der Waals surface area contributed by atoms with Crippen molar-refractivity contribution >= 4 is 11.6 Å². The molecule has 3 rings (SSSR count). The van der Waals surface area contributed by atoms with Gasteiger partial charge in [0.15, 0.2) is 40.5 Å². The standard InChI is InChI=1S/C20H12F7NO4/c1-30-10-4-2-3-5-11(10)31-8-9-6-7-12(32-9)19(29)28-18-16(23)14(21)13(20(25,26)27)15(22)17(18)24/h2-7H,8H2,1H3,(H,28,29). The van der Waals surface area contributed by atoms with Crippen LogP contribution in [0.4, 0.5) is 36.4 Å². The number of para-hydroxylation sites is 2. The van der Waals surface area contributed by atoms with Gasteiger partial charge in [-0.15, -0.1) is 0 Å². The van der Waals surface area contributed by atoms with E-state index in [1.54, 1.807) is 24.3 Å². The van der Waals surface area contributed by atoms with Crippen LogP contribution in [0.1, 0.15) is 21.9 Å². The summed E-state index contributed by atoms with van der Waals surface area (Å²) in [6, 6.07) is 8.92. The largest absolute Gasteiger partial charge is 0.493 e. The van der Waals surface area contributed by atoms with E-state index in [4.69, 9.17) is 13.9 Å². The molecule has 3 aromatic rings. The van der Waals surface area contributed by atoms with Gasteiger partial charge in [0.1, 0.15) is 23.6 Å². The predicted molar refractivity (Wildman–Crippen MR) is 95.3 cm³/mol. The van der Waals surface area contributed by atoms with Crippen molar-refractivity contribution in [1.29, 1.82) is 0 Å². The summed E-state index contributed by atoms with van der Waals surface area (Å²) in [7, 11) is 1.42. The SMILES string of the molecule is COc1ccccc1OCc1ccc(C(=O)Nc2c(F)c(F)c(C(F)(F)F)c(F)c2F)o1. The monoisotopic (exact) mass is 463 g/mol. The summed E-state index contributed by atoms with van der Waals surface area (Å²) in [4.78, 5) is 12.1. The average Bonchev–Trinajstić information content (AvgIpc) is 3.22. The van der Waals surface area contributed by atoms with Crippen LogP contribution in [-0.4, -0.2) is 13.0 Å². The van der Waals surface area contributed by atoms with Crippen LogP contribution < -0.4 is 14.8 Å². The minimum atomic E-state index is -5.70. The molecule has 170 valence electrons. The second kappa shape index (κ2) is 8.81. The van der Waals surface area contributed by atoms with Crippen molar-refractivity contribution in [2.45, 2.75) is 12.8 Å². The van der Waals surface area contributed by atoms with E-state index in [0.29, 0.717) is 11.5 Å². The van der Waals surface area contributed by atoms with Crippen LogP contribution in [0.2, 0.25) is 0 Å². The van der Waals surface area contributed by atoms with E-state index < -0.39 is 52.4 Å². The highest BCUT2D eigenvalue weighted by Crippen LogP contribution is 2.38. The van der Waals surface area contributed by atoms with Gasteiger partial charge in [-0.1, -0.05) is 12.1 Å². The molecule has 0 aliphatic heterocycles. The van der Waals surface area contributed by atoms with Gasteiger partial charge in [0, 0.05) is 0 Å². The predicted octanol–water partition coefficient (Wildman–Crippen LogP) is 5.69. The van der Waals surface area contributed by atoms with Crippen LogP contribution >= 0.6 is 0 Å². The summed E-state index contributed by atoms with van der Waals surface area (Å²) in [6.45, 7) is -0.195. The Morgan fingerprint density at radius 1 is 0.938 bits per heavy atom. The number of hydrogen-bond acceptors (Lipinski definition) is 4. The normalized spacial score (nSPS) is 11.4. The molecule has 0 radical (unpaired) electrons. The number of anilines is 1. The Labute approximate surface area is 175 Å². The highest BCUT2D eigenvalue weighted by Gasteiger charge is 2.42. The molecule has 1 aromatic heterocycles. The molecule has 0 atom stereocenters. The zero-order valence-electron chi connectivity index (χ0n) is 15.9. The quantitative estimate of drug-likeness (QED) is 0.377. The molecular formula is C20H12F7NO4. The third-order valence-electron chi connectivity index (χ3n) is 4.11. The molecule has 0 fully saturated rings. The number of nitrogens with one attached hydrogen (secondary N) is 1. The van der Waals surface area contributed by atoms with Gasteiger partial charge in [-0.2, -0.15) is 13.2 Å². The Bertz CT molecular complexity index is 1130.